The van der Waals surface area contributed by atoms with Gasteiger partial charge in [-0.1, -0.05) is 48.5 Å². The standard InChI is InChI=1S/C28H25N3O3/c1-34-26-10-6-5-9-24(26)27-25(19-31(29-27)22-7-3-2-4-8-22)28(33)30-17-15-21(16-18-30)20-11-13-23(32)14-12-20/h2-15,19,32H,16-18H2,1H3. The molecule has 0 radical (unpaired) electrons. The van der Waals surface area contributed by atoms with Gasteiger partial charge in [0.05, 0.1) is 18.4 Å². The fourth-order valence-electron chi connectivity index (χ4n) is 4.24. The smallest absolute Gasteiger partial charge is 0.258 e. The number of aromatic hydroxyl groups is 1. The summed E-state index contributed by atoms with van der Waals surface area (Å²) in [5, 5.41) is 14.3. The van der Waals surface area contributed by atoms with Crippen molar-refractivity contribution in [2.75, 3.05) is 20.2 Å². The first-order chi connectivity index (χ1) is 16.6. The van der Waals surface area contributed by atoms with Crippen LogP contribution in [0.3, 0.4) is 0 Å². The Morgan fingerprint density at radius 1 is 0.971 bits per heavy atom. The third kappa shape index (κ3) is 4.18. The van der Waals surface area contributed by atoms with Crippen molar-refractivity contribution in [2.24, 2.45) is 0 Å². The minimum absolute atomic E-state index is 0.0657. The molecule has 5 rings (SSSR count). The second-order valence-corrected chi connectivity index (χ2v) is 8.15. The van der Waals surface area contributed by atoms with Gasteiger partial charge < -0.3 is 14.7 Å². The fraction of sp³-hybridized carbons (Fsp3) is 0.143. The van der Waals surface area contributed by atoms with Crippen molar-refractivity contribution in [3.8, 4) is 28.4 Å². The molecular weight excluding hydrogens is 426 g/mol. The Hall–Kier alpha value is -4.32. The molecule has 0 unspecified atom stereocenters. The number of nitrogens with zero attached hydrogens (tertiary/aromatic N) is 3. The van der Waals surface area contributed by atoms with E-state index in [0.29, 0.717) is 30.1 Å². The molecule has 6 nitrogen and oxygen atoms in total. The summed E-state index contributed by atoms with van der Waals surface area (Å²) in [7, 11) is 1.62. The molecule has 6 heteroatoms. The number of carbonyl (C=O) groups is 1. The van der Waals surface area contributed by atoms with E-state index in [1.807, 2.05) is 71.6 Å². The first kappa shape index (κ1) is 21.5. The Balaban J connectivity index is 1.49. The van der Waals surface area contributed by atoms with E-state index in [1.54, 1.807) is 30.1 Å². The van der Waals surface area contributed by atoms with Gasteiger partial charge in [-0.15, -0.1) is 0 Å². The number of phenols is 1. The average molecular weight is 452 g/mol. The van der Waals surface area contributed by atoms with Gasteiger partial charge in [0.15, 0.2) is 0 Å². The highest BCUT2D eigenvalue weighted by molar-refractivity contribution is 6.01. The molecule has 3 aromatic carbocycles. The number of rotatable bonds is 5. The number of phenolic OH excluding ortho intramolecular Hbond substituents is 1. The summed E-state index contributed by atoms with van der Waals surface area (Å²) in [5.41, 5.74) is 5.03. The van der Waals surface area contributed by atoms with Gasteiger partial charge in [0, 0.05) is 24.8 Å². The van der Waals surface area contributed by atoms with Crippen LogP contribution >= 0.6 is 0 Å². The number of hydrogen-bond donors (Lipinski definition) is 1. The van der Waals surface area contributed by atoms with Crippen LogP contribution in [0.2, 0.25) is 0 Å². The molecule has 1 N–H and O–H groups in total. The van der Waals surface area contributed by atoms with Gasteiger partial charge in [-0.2, -0.15) is 5.10 Å². The summed E-state index contributed by atoms with van der Waals surface area (Å²) in [6.07, 6.45) is 4.63. The number of methoxy groups -OCH3 is 1. The van der Waals surface area contributed by atoms with Crippen LogP contribution in [0.4, 0.5) is 0 Å². The topological polar surface area (TPSA) is 67.6 Å². The van der Waals surface area contributed by atoms with E-state index >= 15 is 0 Å². The Labute approximate surface area is 198 Å². The lowest BCUT2D eigenvalue weighted by atomic mass is 9.98. The minimum atomic E-state index is -0.0657. The van der Waals surface area contributed by atoms with Gasteiger partial charge in [-0.3, -0.25) is 4.79 Å². The molecular formula is C28H25N3O3. The number of hydrogen-bond acceptors (Lipinski definition) is 4. The van der Waals surface area contributed by atoms with Gasteiger partial charge in [-0.05, 0) is 54.0 Å². The van der Waals surface area contributed by atoms with Crippen molar-refractivity contribution in [3.05, 3.63) is 102 Å². The third-order valence-electron chi connectivity index (χ3n) is 6.06. The summed E-state index contributed by atoms with van der Waals surface area (Å²) in [6, 6.07) is 24.6. The predicted molar refractivity (Wildman–Crippen MR) is 132 cm³/mol. The average Bonchev–Trinajstić information content (AvgIpc) is 3.35. The van der Waals surface area contributed by atoms with Crippen molar-refractivity contribution in [1.82, 2.24) is 14.7 Å². The first-order valence-electron chi connectivity index (χ1n) is 11.2. The lowest BCUT2D eigenvalue weighted by Crippen LogP contribution is -2.34. The minimum Gasteiger partial charge on any atom is -0.508 e. The quantitative estimate of drug-likeness (QED) is 0.454. The molecule has 0 spiro atoms. The lowest BCUT2D eigenvalue weighted by molar-refractivity contribution is 0.0773. The maximum Gasteiger partial charge on any atom is 0.258 e. The van der Waals surface area contributed by atoms with Gasteiger partial charge in [0.1, 0.15) is 17.2 Å². The Bertz CT molecular complexity index is 1340. The predicted octanol–water partition coefficient (Wildman–Crippen LogP) is 5.18. The number of amides is 1. The number of benzene rings is 3. The van der Waals surface area contributed by atoms with E-state index < -0.39 is 0 Å². The summed E-state index contributed by atoms with van der Waals surface area (Å²) in [6.45, 7) is 1.12. The Kier molecular flexibility index (Phi) is 5.87. The van der Waals surface area contributed by atoms with Crippen molar-refractivity contribution in [3.63, 3.8) is 0 Å². The van der Waals surface area contributed by atoms with E-state index in [2.05, 4.69) is 6.08 Å². The van der Waals surface area contributed by atoms with Gasteiger partial charge in [-0.25, -0.2) is 4.68 Å². The van der Waals surface area contributed by atoms with E-state index in [0.717, 1.165) is 23.2 Å². The summed E-state index contributed by atoms with van der Waals surface area (Å²) in [4.78, 5) is 15.5. The normalized spacial score (nSPS) is 13.4. The number of ether oxygens (including phenoxy) is 1. The molecule has 1 aromatic heterocycles. The molecule has 2 heterocycles. The number of carbonyl (C=O) groups excluding carboxylic acids is 1. The molecule has 0 aliphatic carbocycles. The molecule has 0 atom stereocenters. The highest BCUT2D eigenvalue weighted by Gasteiger charge is 2.26. The SMILES string of the molecule is COc1ccccc1-c1nn(-c2ccccc2)cc1C(=O)N1CC=C(c2ccc(O)cc2)CC1. The molecule has 1 aliphatic heterocycles. The Morgan fingerprint density at radius 3 is 2.41 bits per heavy atom. The molecule has 0 saturated carbocycles. The van der Waals surface area contributed by atoms with Crippen molar-refractivity contribution < 1.29 is 14.6 Å². The van der Waals surface area contributed by atoms with Crippen LogP contribution in [-0.2, 0) is 0 Å². The van der Waals surface area contributed by atoms with Crippen molar-refractivity contribution in [1.29, 1.82) is 0 Å². The third-order valence-corrected chi connectivity index (χ3v) is 6.06. The van der Waals surface area contributed by atoms with Crippen LogP contribution in [0.25, 0.3) is 22.5 Å². The lowest BCUT2D eigenvalue weighted by Gasteiger charge is -2.26. The molecule has 0 saturated heterocycles. The Morgan fingerprint density at radius 2 is 1.71 bits per heavy atom. The zero-order valence-corrected chi connectivity index (χ0v) is 18.9. The second kappa shape index (κ2) is 9.27. The summed E-state index contributed by atoms with van der Waals surface area (Å²) >= 11 is 0. The maximum atomic E-state index is 13.7. The van der Waals surface area contributed by atoms with Crippen LogP contribution in [0, 0.1) is 0 Å². The summed E-state index contributed by atoms with van der Waals surface area (Å²) in [5.74, 6) is 0.850. The fourth-order valence-corrected chi connectivity index (χ4v) is 4.24. The van der Waals surface area contributed by atoms with E-state index in [1.165, 1.54) is 5.57 Å². The van der Waals surface area contributed by atoms with Crippen LogP contribution in [0.1, 0.15) is 22.3 Å². The molecule has 1 aliphatic rings. The molecule has 0 bridgehead atoms. The zero-order valence-electron chi connectivity index (χ0n) is 18.9. The van der Waals surface area contributed by atoms with Gasteiger partial charge in [0.2, 0.25) is 0 Å². The second-order valence-electron chi connectivity index (χ2n) is 8.15. The van der Waals surface area contributed by atoms with Crippen LogP contribution < -0.4 is 4.74 Å². The van der Waals surface area contributed by atoms with E-state index in [-0.39, 0.29) is 11.7 Å². The monoisotopic (exact) mass is 451 g/mol. The van der Waals surface area contributed by atoms with E-state index in [4.69, 9.17) is 9.84 Å². The van der Waals surface area contributed by atoms with Crippen LogP contribution in [-0.4, -0.2) is 45.9 Å². The van der Waals surface area contributed by atoms with Crippen molar-refractivity contribution in [2.45, 2.75) is 6.42 Å². The first-order valence-corrected chi connectivity index (χ1v) is 11.2. The highest BCUT2D eigenvalue weighted by Crippen LogP contribution is 2.33. The number of aromatic nitrogens is 2. The molecule has 34 heavy (non-hydrogen) atoms. The van der Waals surface area contributed by atoms with Crippen molar-refractivity contribution >= 4 is 11.5 Å². The largest absolute Gasteiger partial charge is 0.508 e. The highest BCUT2D eigenvalue weighted by atomic mass is 16.5. The number of para-hydroxylation sites is 2. The molecule has 1 amide bonds. The molecule has 170 valence electrons. The maximum absolute atomic E-state index is 13.7. The van der Waals surface area contributed by atoms with Gasteiger partial charge in [0.25, 0.3) is 5.91 Å². The van der Waals surface area contributed by atoms with Crippen LogP contribution in [0.15, 0.2) is 91.1 Å². The summed E-state index contributed by atoms with van der Waals surface area (Å²) < 4.78 is 7.31. The van der Waals surface area contributed by atoms with Crippen LogP contribution in [0.5, 0.6) is 11.5 Å². The molecule has 0 fully saturated rings. The van der Waals surface area contributed by atoms with Gasteiger partial charge >= 0.3 is 0 Å². The van der Waals surface area contributed by atoms with E-state index in [9.17, 15) is 9.90 Å². The molecule has 4 aromatic rings. The zero-order chi connectivity index (χ0) is 23.5.